The molecule has 4 nitrogen and oxygen atoms in total. The molecule has 0 amide bonds. The number of aromatic nitrogens is 2. The molecular formula is C13H9BrN2O2S. The van der Waals surface area contributed by atoms with E-state index in [-0.39, 0.29) is 0 Å². The first-order chi connectivity index (χ1) is 9.28. The zero-order valence-corrected chi connectivity index (χ0v) is 12.4. The van der Waals surface area contributed by atoms with Gasteiger partial charge in [0, 0.05) is 4.47 Å². The van der Waals surface area contributed by atoms with E-state index in [1.807, 2.05) is 29.6 Å². The summed E-state index contributed by atoms with van der Waals surface area (Å²) < 4.78 is 13.0. The number of nitrogens with zero attached hydrogens (tertiary/aromatic N) is 2. The Labute approximate surface area is 122 Å². The molecule has 0 atom stereocenters. The van der Waals surface area contributed by atoms with Crippen LogP contribution in [0.2, 0.25) is 0 Å². The molecular weight excluding hydrogens is 328 g/mol. The van der Waals surface area contributed by atoms with Crippen molar-refractivity contribution in [2.45, 2.75) is 0 Å². The number of hydrogen-bond acceptors (Lipinski definition) is 5. The predicted molar refractivity (Wildman–Crippen MR) is 78.2 cm³/mol. The van der Waals surface area contributed by atoms with Gasteiger partial charge in [-0.2, -0.15) is 0 Å². The molecule has 0 unspecified atom stereocenters. The summed E-state index contributed by atoms with van der Waals surface area (Å²) in [6, 6.07) is 7.52. The Kier molecular flexibility index (Phi) is 3.35. The number of methoxy groups -OCH3 is 1. The molecule has 0 spiro atoms. The van der Waals surface area contributed by atoms with Crippen molar-refractivity contribution < 1.29 is 9.47 Å². The topological polar surface area (TPSA) is 44.2 Å². The highest BCUT2D eigenvalue weighted by atomic mass is 79.9. The van der Waals surface area contributed by atoms with E-state index in [2.05, 4.69) is 25.9 Å². The Hall–Kier alpha value is -1.66. The van der Waals surface area contributed by atoms with E-state index in [0.29, 0.717) is 17.4 Å². The highest BCUT2D eigenvalue weighted by Gasteiger charge is 2.11. The maximum Gasteiger partial charge on any atom is 0.240 e. The summed E-state index contributed by atoms with van der Waals surface area (Å²) in [7, 11) is 1.61. The molecule has 0 saturated carbocycles. The second kappa shape index (κ2) is 5.14. The van der Waals surface area contributed by atoms with Gasteiger partial charge in [-0.1, -0.05) is 15.9 Å². The van der Waals surface area contributed by atoms with Crippen LogP contribution in [0.4, 0.5) is 0 Å². The fraction of sp³-hybridized carbons (Fsp3) is 0.0769. The van der Waals surface area contributed by atoms with Crippen LogP contribution in [0, 0.1) is 0 Å². The third-order valence-electron chi connectivity index (χ3n) is 2.54. The SMILES string of the molecule is COc1cc(Br)ccc1Oc1ncnc2ccsc12. The number of ether oxygens (including phenoxy) is 2. The van der Waals surface area contributed by atoms with Crippen molar-refractivity contribution in [3.8, 4) is 17.4 Å². The van der Waals surface area contributed by atoms with Crippen LogP contribution in [0.3, 0.4) is 0 Å². The number of fused-ring (bicyclic) bond motifs is 1. The maximum atomic E-state index is 5.84. The van der Waals surface area contributed by atoms with Gasteiger partial charge in [-0.15, -0.1) is 11.3 Å². The van der Waals surface area contributed by atoms with Gasteiger partial charge in [0.05, 0.1) is 12.6 Å². The fourth-order valence-corrected chi connectivity index (χ4v) is 2.78. The van der Waals surface area contributed by atoms with Crippen LogP contribution in [0.5, 0.6) is 17.4 Å². The summed E-state index contributed by atoms with van der Waals surface area (Å²) in [6.45, 7) is 0. The lowest BCUT2D eigenvalue weighted by atomic mass is 10.3. The average Bonchev–Trinajstić information content (AvgIpc) is 2.90. The third-order valence-corrected chi connectivity index (χ3v) is 3.93. The fourth-order valence-electron chi connectivity index (χ4n) is 1.67. The summed E-state index contributed by atoms with van der Waals surface area (Å²) in [5.74, 6) is 1.82. The quantitative estimate of drug-likeness (QED) is 0.716. The van der Waals surface area contributed by atoms with Crippen molar-refractivity contribution in [1.82, 2.24) is 9.97 Å². The molecule has 2 aromatic heterocycles. The normalized spacial score (nSPS) is 10.6. The molecule has 1 aromatic carbocycles. The van der Waals surface area contributed by atoms with Crippen molar-refractivity contribution >= 4 is 37.5 Å². The van der Waals surface area contributed by atoms with E-state index in [9.17, 15) is 0 Å². The van der Waals surface area contributed by atoms with Gasteiger partial charge in [-0.3, -0.25) is 0 Å². The highest BCUT2D eigenvalue weighted by Crippen LogP contribution is 2.36. The molecule has 6 heteroatoms. The Bertz CT molecular complexity index is 729. The number of thiophene rings is 1. The van der Waals surface area contributed by atoms with Gasteiger partial charge in [0.25, 0.3) is 0 Å². The molecule has 0 aliphatic heterocycles. The van der Waals surface area contributed by atoms with Crippen LogP contribution >= 0.6 is 27.3 Å². The van der Waals surface area contributed by atoms with E-state index in [1.165, 1.54) is 6.33 Å². The lowest BCUT2D eigenvalue weighted by Gasteiger charge is -2.10. The van der Waals surface area contributed by atoms with E-state index in [4.69, 9.17) is 9.47 Å². The molecule has 0 fully saturated rings. The van der Waals surface area contributed by atoms with Crippen molar-refractivity contribution in [3.05, 3.63) is 40.4 Å². The minimum absolute atomic E-state index is 0.542. The summed E-state index contributed by atoms with van der Waals surface area (Å²) in [4.78, 5) is 8.36. The second-order valence-electron chi connectivity index (χ2n) is 3.71. The number of halogens is 1. The molecule has 3 rings (SSSR count). The van der Waals surface area contributed by atoms with Crippen molar-refractivity contribution in [2.24, 2.45) is 0 Å². The summed E-state index contributed by atoms with van der Waals surface area (Å²) in [5, 5.41) is 1.96. The van der Waals surface area contributed by atoms with Crippen LogP contribution in [0.25, 0.3) is 10.2 Å². The minimum Gasteiger partial charge on any atom is -0.493 e. The average molecular weight is 337 g/mol. The van der Waals surface area contributed by atoms with Gasteiger partial charge in [0.15, 0.2) is 11.5 Å². The Morgan fingerprint density at radius 3 is 2.89 bits per heavy atom. The maximum absolute atomic E-state index is 5.84. The van der Waals surface area contributed by atoms with Gasteiger partial charge in [0.1, 0.15) is 11.0 Å². The van der Waals surface area contributed by atoms with Gasteiger partial charge in [-0.05, 0) is 29.6 Å². The molecule has 0 bridgehead atoms. The monoisotopic (exact) mass is 336 g/mol. The van der Waals surface area contributed by atoms with E-state index < -0.39 is 0 Å². The molecule has 0 radical (unpaired) electrons. The molecule has 96 valence electrons. The Balaban J connectivity index is 2.03. The first-order valence-corrected chi connectivity index (χ1v) is 7.15. The van der Waals surface area contributed by atoms with Gasteiger partial charge in [0.2, 0.25) is 5.88 Å². The van der Waals surface area contributed by atoms with Crippen molar-refractivity contribution in [2.75, 3.05) is 7.11 Å². The van der Waals surface area contributed by atoms with Crippen LogP contribution in [-0.2, 0) is 0 Å². The van der Waals surface area contributed by atoms with Crippen LogP contribution in [-0.4, -0.2) is 17.1 Å². The van der Waals surface area contributed by atoms with Crippen LogP contribution < -0.4 is 9.47 Å². The lowest BCUT2D eigenvalue weighted by molar-refractivity contribution is 0.375. The minimum atomic E-state index is 0.542. The first-order valence-electron chi connectivity index (χ1n) is 5.47. The lowest BCUT2D eigenvalue weighted by Crippen LogP contribution is -1.92. The number of hydrogen-bond donors (Lipinski definition) is 0. The van der Waals surface area contributed by atoms with E-state index >= 15 is 0 Å². The predicted octanol–water partition coefficient (Wildman–Crippen LogP) is 4.25. The Morgan fingerprint density at radius 1 is 1.16 bits per heavy atom. The zero-order chi connectivity index (χ0) is 13.2. The second-order valence-corrected chi connectivity index (χ2v) is 5.54. The Morgan fingerprint density at radius 2 is 2.05 bits per heavy atom. The summed E-state index contributed by atoms with van der Waals surface area (Å²) in [6.07, 6.45) is 1.50. The molecule has 19 heavy (non-hydrogen) atoms. The van der Waals surface area contributed by atoms with Gasteiger partial charge >= 0.3 is 0 Å². The molecule has 0 N–H and O–H groups in total. The largest absolute Gasteiger partial charge is 0.493 e. The molecule has 2 heterocycles. The smallest absolute Gasteiger partial charge is 0.240 e. The molecule has 0 aliphatic rings. The number of rotatable bonds is 3. The van der Waals surface area contributed by atoms with Crippen LogP contribution in [0.15, 0.2) is 40.4 Å². The first kappa shape index (κ1) is 12.4. The third kappa shape index (κ3) is 2.41. The van der Waals surface area contributed by atoms with Crippen molar-refractivity contribution in [1.29, 1.82) is 0 Å². The van der Waals surface area contributed by atoms with Gasteiger partial charge < -0.3 is 9.47 Å². The van der Waals surface area contributed by atoms with E-state index in [0.717, 1.165) is 14.7 Å². The summed E-state index contributed by atoms with van der Waals surface area (Å²) in [5.41, 5.74) is 0.881. The number of benzene rings is 1. The molecule has 0 saturated heterocycles. The zero-order valence-electron chi connectivity index (χ0n) is 9.96. The summed E-state index contributed by atoms with van der Waals surface area (Å²) >= 11 is 4.95. The van der Waals surface area contributed by atoms with E-state index in [1.54, 1.807) is 18.4 Å². The van der Waals surface area contributed by atoms with Crippen molar-refractivity contribution in [3.63, 3.8) is 0 Å². The van der Waals surface area contributed by atoms with Gasteiger partial charge in [-0.25, -0.2) is 9.97 Å². The van der Waals surface area contributed by atoms with Crippen LogP contribution in [0.1, 0.15) is 0 Å². The molecule has 0 aliphatic carbocycles. The standard InChI is InChI=1S/C13H9BrN2O2S/c1-17-11-6-8(14)2-3-10(11)18-13-12-9(4-5-19-12)15-7-16-13/h2-7H,1H3. The molecule has 3 aromatic rings. The highest BCUT2D eigenvalue weighted by molar-refractivity contribution is 9.10.